The summed E-state index contributed by atoms with van der Waals surface area (Å²) in [5.41, 5.74) is 2.84. The summed E-state index contributed by atoms with van der Waals surface area (Å²) in [6, 6.07) is 6.39. The van der Waals surface area contributed by atoms with Crippen LogP contribution >= 0.6 is 0 Å². The number of nitrogens with zero attached hydrogens (tertiary/aromatic N) is 3. The smallest absolute Gasteiger partial charge is 0.270 e. The first-order valence-corrected chi connectivity index (χ1v) is 6.02. The van der Waals surface area contributed by atoms with E-state index in [1.807, 2.05) is 18.5 Å². The first-order chi connectivity index (χ1) is 9.52. The number of hydrogen-bond donors (Lipinski definition) is 0. The number of fused-ring (bicyclic) bond motifs is 3. The fraction of sp³-hybridized carbons (Fsp3) is 0.143. The van der Waals surface area contributed by atoms with Crippen LogP contribution < -0.4 is 0 Å². The van der Waals surface area contributed by atoms with Gasteiger partial charge in [-0.15, -0.1) is 0 Å². The van der Waals surface area contributed by atoms with Crippen molar-refractivity contribution in [2.75, 3.05) is 0 Å². The molecule has 0 spiro atoms. The van der Waals surface area contributed by atoms with Gasteiger partial charge in [-0.25, -0.2) is 4.98 Å². The van der Waals surface area contributed by atoms with Crippen molar-refractivity contribution in [1.29, 1.82) is 0 Å². The predicted molar refractivity (Wildman–Crippen MR) is 75.0 cm³/mol. The molecule has 1 aromatic carbocycles. The number of rotatable bonds is 2. The van der Waals surface area contributed by atoms with Crippen LogP contribution in [0.1, 0.15) is 16.2 Å². The van der Waals surface area contributed by atoms with E-state index < -0.39 is 4.92 Å². The number of aldehydes is 1. The molecule has 6 heteroatoms. The summed E-state index contributed by atoms with van der Waals surface area (Å²) in [5, 5.41) is 12.5. The summed E-state index contributed by atoms with van der Waals surface area (Å²) in [4.78, 5) is 25.6. The third-order valence-corrected chi connectivity index (χ3v) is 3.49. The van der Waals surface area contributed by atoms with Crippen molar-refractivity contribution in [2.24, 2.45) is 7.05 Å². The maximum absolute atomic E-state index is 10.9. The quantitative estimate of drug-likeness (QED) is 0.407. The van der Waals surface area contributed by atoms with Crippen molar-refractivity contribution >= 4 is 33.8 Å². The van der Waals surface area contributed by atoms with Gasteiger partial charge in [0, 0.05) is 35.5 Å². The molecule has 0 aliphatic carbocycles. The van der Waals surface area contributed by atoms with E-state index in [4.69, 9.17) is 0 Å². The van der Waals surface area contributed by atoms with Crippen LogP contribution in [0.15, 0.2) is 24.3 Å². The Bertz CT molecular complexity index is 880. The van der Waals surface area contributed by atoms with Crippen LogP contribution in [0, 0.1) is 17.0 Å². The monoisotopic (exact) mass is 269 g/mol. The van der Waals surface area contributed by atoms with Gasteiger partial charge >= 0.3 is 0 Å². The molecule has 0 aliphatic heterocycles. The maximum atomic E-state index is 10.9. The molecule has 2 aromatic heterocycles. The van der Waals surface area contributed by atoms with E-state index in [9.17, 15) is 14.9 Å². The minimum atomic E-state index is -0.424. The third-order valence-electron chi connectivity index (χ3n) is 3.49. The molecule has 0 fully saturated rings. The van der Waals surface area contributed by atoms with Crippen molar-refractivity contribution in [1.82, 2.24) is 9.55 Å². The molecule has 2 heterocycles. The molecule has 0 bridgehead atoms. The first kappa shape index (κ1) is 12.3. The second-order valence-corrected chi connectivity index (χ2v) is 4.66. The molecule has 3 aromatic rings. The zero-order valence-corrected chi connectivity index (χ0v) is 11.0. The Balaban J connectivity index is 2.52. The van der Waals surface area contributed by atoms with Gasteiger partial charge in [-0.05, 0) is 19.1 Å². The van der Waals surface area contributed by atoms with E-state index in [1.165, 1.54) is 12.1 Å². The Labute approximate surface area is 113 Å². The lowest BCUT2D eigenvalue weighted by atomic mass is 10.1. The van der Waals surface area contributed by atoms with Crippen LogP contribution in [0.2, 0.25) is 0 Å². The molecule has 100 valence electrons. The zero-order chi connectivity index (χ0) is 14.4. The van der Waals surface area contributed by atoms with E-state index in [0.29, 0.717) is 12.0 Å². The number of aromatic nitrogens is 2. The number of pyridine rings is 1. The Kier molecular flexibility index (Phi) is 2.53. The van der Waals surface area contributed by atoms with Crippen LogP contribution in [-0.4, -0.2) is 20.8 Å². The lowest BCUT2D eigenvalue weighted by Gasteiger charge is -2.01. The van der Waals surface area contributed by atoms with E-state index in [0.717, 1.165) is 27.5 Å². The number of non-ortho nitro benzene ring substituents is 1. The summed E-state index contributed by atoms with van der Waals surface area (Å²) in [6.07, 6.45) is 0.683. The number of nitro groups is 1. The second kappa shape index (κ2) is 4.12. The topological polar surface area (TPSA) is 78.0 Å². The molecule has 20 heavy (non-hydrogen) atoms. The largest absolute Gasteiger partial charge is 0.342 e. The van der Waals surface area contributed by atoms with Gasteiger partial charge in [0.25, 0.3) is 5.69 Å². The van der Waals surface area contributed by atoms with Crippen LogP contribution in [-0.2, 0) is 7.05 Å². The molecule has 0 amide bonds. The van der Waals surface area contributed by atoms with Gasteiger partial charge in [-0.1, -0.05) is 0 Å². The van der Waals surface area contributed by atoms with Gasteiger partial charge in [-0.2, -0.15) is 0 Å². The average molecular weight is 269 g/mol. The molecule has 0 atom stereocenters. The lowest BCUT2D eigenvalue weighted by Crippen LogP contribution is -1.95. The minimum Gasteiger partial charge on any atom is -0.342 e. The molecule has 3 rings (SSSR count). The van der Waals surface area contributed by atoms with Crippen molar-refractivity contribution in [3.63, 3.8) is 0 Å². The summed E-state index contributed by atoms with van der Waals surface area (Å²) < 4.78 is 1.94. The van der Waals surface area contributed by atoms with Crippen molar-refractivity contribution in [3.05, 3.63) is 45.8 Å². The summed E-state index contributed by atoms with van der Waals surface area (Å²) >= 11 is 0. The Morgan fingerprint density at radius 2 is 2.05 bits per heavy atom. The standard InChI is InChI=1S/C14H11N3O3/c1-8-14-12(5-9(7-18)15-8)11-6-10(17(19)20)3-4-13(11)16(14)2/h3-7H,1-2H3. The van der Waals surface area contributed by atoms with Gasteiger partial charge < -0.3 is 4.57 Å². The van der Waals surface area contributed by atoms with Crippen molar-refractivity contribution in [3.8, 4) is 0 Å². The SMILES string of the molecule is Cc1nc(C=O)cc2c3cc([N+](=O)[O-])ccc3n(C)c12. The van der Waals surface area contributed by atoms with Crippen molar-refractivity contribution < 1.29 is 9.72 Å². The number of hydrogen-bond acceptors (Lipinski definition) is 4. The first-order valence-electron chi connectivity index (χ1n) is 6.02. The van der Waals surface area contributed by atoms with Crippen LogP contribution in [0.25, 0.3) is 21.8 Å². The molecular formula is C14H11N3O3. The summed E-state index contributed by atoms with van der Waals surface area (Å²) in [7, 11) is 1.88. The number of carbonyl (C=O) groups is 1. The highest BCUT2D eigenvalue weighted by molar-refractivity contribution is 6.10. The molecule has 0 N–H and O–H groups in total. The van der Waals surface area contributed by atoms with E-state index >= 15 is 0 Å². The fourth-order valence-electron chi connectivity index (χ4n) is 2.65. The summed E-state index contributed by atoms with van der Waals surface area (Å²) in [6.45, 7) is 1.82. The Hall–Kier alpha value is -2.76. The molecule has 0 radical (unpaired) electrons. The van der Waals surface area contributed by atoms with Gasteiger partial charge in [-0.3, -0.25) is 14.9 Å². The highest BCUT2D eigenvalue weighted by Crippen LogP contribution is 2.32. The number of carbonyl (C=O) groups excluding carboxylic acids is 1. The molecule has 0 saturated carbocycles. The Morgan fingerprint density at radius 1 is 1.30 bits per heavy atom. The average Bonchev–Trinajstić information content (AvgIpc) is 2.72. The van der Waals surface area contributed by atoms with Crippen molar-refractivity contribution in [2.45, 2.75) is 6.92 Å². The van der Waals surface area contributed by atoms with Crippen LogP contribution in [0.5, 0.6) is 0 Å². The fourth-order valence-corrected chi connectivity index (χ4v) is 2.65. The van der Waals surface area contributed by atoms with Gasteiger partial charge in [0.2, 0.25) is 0 Å². The molecule has 6 nitrogen and oxygen atoms in total. The number of nitro benzene ring substituents is 1. The Morgan fingerprint density at radius 3 is 2.70 bits per heavy atom. The third kappa shape index (κ3) is 1.58. The lowest BCUT2D eigenvalue weighted by molar-refractivity contribution is -0.384. The van der Waals surface area contributed by atoms with Crippen LogP contribution in [0.3, 0.4) is 0 Å². The normalized spacial score (nSPS) is 11.1. The predicted octanol–water partition coefficient (Wildman–Crippen LogP) is 2.76. The minimum absolute atomic E-state index is 0.0344. The highest BCUT2D eigenvalue weighted by atomic mass is 16.6. The van der Waals surface area contributed by atoms with E-state index in [1.54, 1.807) is 12.1 Å². The van der Waals surface area contributed by atoms with Gasteiger partial charge in [0.05, 0.1) is 16.1 Å². The van der Waals surface area contributed by atoms with Gasteiger partial charge in [0.1, 0.15) is 5.69 Å². The molecule has 0 aliphatic rings. The molecule has 0 unspecified atom stereocenters. The number of aryl methyl sites for hydroxylation is 2. The van der Waals surface area contributed by atoms with Gasteiger partial charge in [0.15, 0.2) is 6.29 Å². The maximum Gasteiger partial charge on any atom is 0.270 e. The number of benzene rings is 1. The molecule has 0 saturated heterocycles. The highest BCUT2D eigenvalue weighted by Gasteiger charge is 2.15. The zero-order valence-electron chi connectivity index (χ0n) is 11.0. The second-order valence-electron chi connectivity index (χ2n) is 4.66. The van der Waals surface area contributed by atoms with Crippen LogP contribution in [0.4, 0.5) is 5.69 Å². The van der Waals surface area contributed by atoms with E-state index in [2.05, 4.69) is 4.98 Å². The summed E-state index contributed by atoms with van der Waals surface area (Å²) in [5.74, 6) is 0. The van der Waals surface area contributed by atoms with E-state index in [-0.39, 0.29) is 5.69 Å². The molecular weight excluding hydrogens is 258 g/mol.